The quantitative estimate of drug-likeness (QED) is 0.518. The van der Waals surface area contributed by atoms with Crippen LogP contribution >= 0.6 is 11.3 Å². The zero-order valence-corrected chi connectivity index (χ0v) is 13.8. The van der Waals surface area contributed by atoms with Crippen LogP contribution in [0.25, 0.3) is 26.6 Å². The van der Waals surface area contributed by atoms with E-state index >= 15 is 0 Å². The Morgan fingerprint density at radius 2 is 1.88 bits per heavy atom. The van der Waals surface area contributed by atoms with Crippen LogP contribution in [0.3, 0.4) is 0 Å². The van der Waals surface area contributed by atoms with Gasteiger partial charge in [0.15, 0.2) is 5.13 Å². The van der Waals surface area contributed by atoms with Crippen LogP contribution in [0.5, 0.6) is 0 Å². The first kappa shape index (κ1) is 14.1. The maximum Gasteiger partial charge on any atom is 0.277 e. The maximum atomic E-state index is 12.5. The molecule has 0 aliphatic carbocycles. The third-order valence-corrected chi connectivity index (χ3v) is 5.12. The molecule has 0 aliphatic rings. The van der Waals surface area contributed by atoms with Crippen molar-refractivity contribution in [3.63, 3.8) is 0 Å². The summed E-state index contributed by atoms with van der Waals surface area (Å²) in [6, 6.07) is 17.9. The standard InChI is InChI=1S/C19H12N4OS/c24-18(15-11-23-10-4-3-7-16(23)20-15)22-19-21-14-9-8-12-5-1-2-6-13(12)17(14)25-19/h1-11H,(H,21,22,24). The molecule has 0 saturated carbocycles. The molecule has 0 bridgehead atoms. The Morgan fingerprint density at radius 3 is 2.80 bits per heavy atom. The van der Waals surface area contributed by atoms with Gasteiger partial charge in [0.1, 0.15) is 11.3 Å². The molecule has 3 aromatic heterocycles. The number of fused-ring (bicyclic) bond motifs is 4. The number of benzene rings is 2. The first-order chi connectivity index (χ1) is 12.3. The monoisotopic (exact) mass is 344 g/mol. The van der Waals surface area contributed by atoms with Crippen molar-refractivity contribution in [1.29, 1.82) is 0 Å². The normalized spacial score (nSPS) is 11.4. The van der Waals surface area contributed by atoms with Crippen LogP contribution in [0.4, 0.5) is 5.13 Å². The lowest BCUT2D eigenvalue weighted by Crippen LogP contribution is -2.11. The van der Waals surface area contributed by atoms with Gasteiger partial charge in [-0.2, -0.15) is 0 Å². The zero-order valence-electron chi connectivity index (χ0n) is 13.0. The molecule has 1 amide bonds. The SMILES string of the molecule is O=C(Nc1nc2ccc3ccccc3c2s1)c1cn2ccccc2n1. The number of thiazole rings is 1. The highest BCUT2D eigenvalue weighted by atomic mass is 32.1. The molecule has 0 radical (unpaired) electrons. The zero-order chi connectivity index (χ0) is 16.8. The van der Waals surface area contributed by atoms with Crippen molar-refractivity contribution in [2.45, 2.75) is 0 Å². The minimum Gasteiger partial charge on any atom is -0.306 e. The van der Waals surface area contributed by atoms with Crippen molar-refractivity contribution in [3.8, 4) is 0 Å². The Morgan fingerprint density at radius 1 is 1.00 bits per heavy atom. The number of rotatable bonds is 2. The second-order valence-electron chi connectivity index (χ2n) is 5.70. The van der Waals surface area contributed by atoms with Crippen LogP contribution in [0.1, 0.15) is 10.5 Å². The van der Waals surface area contributed by atoms with E-state index < -0.39 is 0 Å². The molecule has 5 aromatic rings. The van der Waals surface area contributed by atoms with E-state index in [0.29, 0.717) is 10.8 Å². The van der Waals surface area contributed by atoms with E-state index in [1.165, 1.54) is 11.3 Å². The molecule has 0 saturated heterocycles. The van der Waals surface area contributed by atoms with Gasteiger partial charge in [0, 0.05) is 17.8 Å². The smallest absolute Gasteiger partial charge is 0.277 e. The lowest BCUT2D eigenvalue weighted by atomic mass is 10.1. The molecule has 5 nitrogen and oxygen atoms in total. The molecular weight excluding hydrogens is 332 g/mol. The molecule has 0 atom stereocenters. The number of nitrogens with zero attached hydrogens (tertiary/aromatic N) is 3. The average molecular weight is 344 g/mol. The van der Waals surface area contributed by atoms with E-state index in [1.54, 1.807) is 6.20 Å². The van der Waals surface area contributed by atoms with Crippen molar-refractivity contribution in [2.75, 3.05) is 5.32 Å². The Balaban J connectivity index is 1.52. The molecule has 5 rings (SSSR count). The van der Waals surface area contributed by atoms with Crippen molar-refractivity contribution >= 4 is 49.0 Å². The van der Waals surface area contributed by atoms with E-state index in [9.17, 15) is 4.79 Å². The summed E-state index contributed by atoms with van der Waals surface area (Å²) in [6.45, 7) is 0. The second kappa shape index (κ2) is 5.39. The van der Waals surface area contributed by atoms with Crippen LogP contribution in [0, 0.1) is 0 Å². The van der Waals surface area contributed by atoms with Crippen LogP contribution in [0.15, 0.2) is 67.0 Å². The highest BCUT2D eigenvalue weighted by molar-refractivity contribution is 7.23. The van der Waals surface area contributed by atoms with Gasteiger partial charge < -0.3 is 4.40 Å². The topological polar surface area (TPSA) is 59.3 Å². The van der Waals surface area contributed by atoms with Gasteiger partial charge in [0.05, 0.1) is 10.2 Å². The highest BCUT2D eigenvalue weighted by Gasteiger charge is 2.14. The van der Waals surface area contributed by atoms with Crippen LogP contribution in [-0.4, -0.2) is 20.3 Å². The predicted molar refractivity (Wildman–Crippen MR) is 100 cm³/mol. The number of nitrogens with one attached hydrogen (secondary N) is 1. The number of carbonyl (C=O) groups excluding carboxylic acids is 1. The van der Waals surface area contributed by atoms with Gasteiger partial charge in [-0.15, -0.1) is 0 Å². The minimum absolute atomic E-state index is 0.257. The van der Waals surface area contributed by atoms with Crippen LogP contribution in [-0.2, 0) is 0 Å². The summed E-state index contributed by atoms with van der Waals surface area (Å²) in [6.07, 6.45) is 3.58. The highest BCUT2D eigenvalue weighted by Crippen LogP contribution is 2.32. The number of imidazole rings is 1. The molecule has 2 aromatic carbocycles. The van der Waals surface area contributed by atoms with Crippen LogP contribution in [0.2, 0.25) is 0 Å². The summed E-state index contributed by atoms with van der Waals surface area (Å²) >= 11 is 1.48. The summed E-state index contributed by atoms with van der Waals surface area (Å²) in [7, 11) is 0. The Labute approximate surface area is 146 Å². The predicted octanol–water partition coefficient (Wildman–Crippen LogP) is 4.35. The average Bonchev–Trinajstić information content (AvgIpc) is 3.25. The third kappa shape index (κ3) is 2.35. The minimum atomic E-state index is -0.257. The van der Waals surface area contributed by atoms with Crippen molar-refractivity contribution in [2.24, 2.45) is 0 Å². The van der Waals surface area contributed by atoms with Crippen molar-refractivity contribution < 1.29 is 4.79 Å². The Hall–Kier alpha value is -3.25. The van der Waals surface area contributed by atoms with E-state index in [1.807, 2.05) is 53.1 Å². The summed E-state index contributed by atoms with van der Waals surface area (Å²) < 4.78 is 2.89. The molecular formula is C19H12N4OS. The largest absolute Gasteiger partial charge is 0.306 e. The van der Waals surface area contributed by atoms with Gasteiger partial charge in [0.25, 0.3) is 5.91 Å². The number of aromatic nitrogens is 3. The number of hydrogen-bond donors (Lipinski definition) is 1. The van der Waals surface area contributed by atoms with E-state index in [-0.39, 0.29) is 5.91 Å². The number of anilines is 1. The molecule has 0 unspecified atom stereocenters. The van der Waals surface area contributed by atoms with Crippen LogP contribution < -0.4 is 5.32 Å². The van der Waals surface area contributed by atoms with Gasteiger partial charge in [0.2, 0.25) is 0 Å². The van der Waals surface area contributed by atoms with Crippen molar-refractivity contribution in [1.82, 2.24) is 14.4 Å². The first-order valence-electron chi connectivity index (χ1n) is 7.81. The lowest BCUT2D eigenvalue weighted by Gasteiger charge is -1.96. The fourth-order valence-corrected chi connectivity index (χ4v) is 3.91. The van der Waals surface area contributed by atoms with Gasteiger partial charge in [-0.1, -0.05) is 47.7 Å². The fraction of sp³-hybridized carbons (Fsp3) is 0. The number of pyridine rings is 1. The maximum absolute atomic E-state index is 12.5. The Bertz CT molecular complexity index is 1220. The first-order valence-corrected chi connectivity index (χ1v) is 8.63. The molecule has 3 heterocycles. The van der Waals surface area contributed by atoms with Crippen molar-refractivity contribution in [3.05, 3.63) is 72.7 Å². The van der Waals surface area contributed by atoms with E-state index in [4.69, 9.17) is 0 Å². The molecule has 6 heteroatoms. The van der Waals surface area contributed by atoms with E-state index in [2.05, 4.69) is 27.4 Å². The Kier molecular flexibility index (Phi) is 3.05. The molecule has 0 spiro atoms. The summed E-state index contributed by atoms with van der Waals surface area (Å²) in [5, 5.41) is 5.75. The number of hydrogen-bond acceptors (Lipinski definition) is 4. The summed E-state index contributed by atoms with van der Waals surface area (Å²) in [5.41, 5.74) is 1.99. The number of amides is 1. The second-order valence-corrected chi connectivity index (χ2v) is 6.70. The van der Waals surface area contributed by atoms with Gasteiger partial charge in [-0.3, -0.25) is 10.1 Å². The van der Waals surface area contributed by atoms with Gasteiger partial charge in [-0.05, 0) is 23.6 Å². The van der Waals surface area contributed by atoms with Gasteiger partial charge in [-0.25, -0.2) is 9.97 Å². The molecule has 1 N–H and O–H groups in total. The molecule has 25 heavy (non-hydrogen) atoms. The number of carbonyl (C=O) groups is 1. The van der Waals surface area contributed by atoms with E-state index in [0.717, 1.165) is 26.6 Å². The summed E-state index contributed by atoms with van der Waals surface area (Å²) in [4.78, 5) is 21.4. The fourth-order valence-electron chi connectivity index (χ4n) is 2.91. The lowest BCUT2D eigenvalue weighted by molar-refractivity contribution is 0.102. The molecule has 0 fully saturated rings. The van der Waals surface area contributed by atoms with Gasteiger partial charge >= 0.3 is 0 Å². The molecule has 0 aliphatic heterocycles. The third-order valence-electron chi connectivity index (χ3n) is 4.10. The molecule has 120 valence electrons. The summed E-state index contributed by atoms with van der Waals surface area (Å²) in [5.74, 6) is -0.257.